The fourth-order valence-corrected chi connectivity index (χ4v) is 7.51. The molecule has 0 saturated heterocycles. The van der Waals surface area contributed by atoms with Crippen molar-refractivity contribution in [3.63, 3.8) is 0 Å². The van der Waals surface area contributed by atoms with Gasteiger partial charge in [0.15, 0.2) is 5.58 Å². The number of fused-ring (bicyclic) bond motifs is 8. The van der Waals surface area contributed by atoms with Crippen LogP contribution in [0, 0.1) is 0 Å². The first kappa shape index (κ1) is 20.1. The van der Waals surface area contributed by atoms with Crippen molar-refractivity contribution in [1.29, 1.82) is 0 Å². The lowest BCUT2D eigenvalue weighted by Gasteiger charge is -2.25. The molecule has 3 aromatic heterocycles. The second-order valence-electron chi connectivity index (χ2n) is 8.99. The van der Waals surface area contributed by atoms with E-state index in [9.17, 15) is 0 Å². The minimum Gasteiger partial charge on any atom is -0.454 e. The molecule has 0 atom stereocenters. The first-order valence-corrected chi connectivity index (χ1v) is 13.6. The first-order chi connectivity index (χ1) is 17.8. The average Bonchev–Trinajstić information content (AvgIpc) is 3.58. The molecule has 3 heterocycles. The van der Waals surface area contributed by atoms with Gasteiger partial charge in [-0.3, -0.25) is 0 Å². The second kappa shape index (κ2) is 7.69. The Labute approximate surface area is 215 Å². The van der Waals surface area contributed by atoms with Crippen molar-refractivity contribution in [1.82, 2.24) is 0 Å². The molecule has 0 unspecified atom stereocenters. The average molecular weight is 498 g/mol. The third kappa shape index (κ3) is 2.95. The lowest BCUT2D eigenvalue weighted by molar-refractivity contribution is 0.673. The quantitative estimate of drug-likeness (QED) is 0.241. The molecule has 170 valence electrons. The van der Waals surface area contributed by atoms with Crippen molar-refractivity contribution in [3.05, 3.63) is 115 Å². The van der Waals surface area contributed by atoms with Crippen LogP contribution in [0.15, 0.2) is 120 Å². The fourth-order valence-electron chi connectivity index (χ4n) is 5.21. The van der Waals surface area contributed by atoms with E-state index in [0.717, 1.165) is 28.2 Å². The first-order valence-electron chi connectivity index (χ1n) is 11.9. The normalized spacial score (nSPS) is 11.9. The van der Waals surface area contributed by atoms with Crippen molar-refractivity contribution in [3.8, 4) is 0 Å². The molecule has 4 heteroatoms. The summed E-state index contributed by atoms with van der Waals surface area (Å²) in [5, 5.41) is 4.98. The topological polar surface area (TPSA) is 16.4 Å². The Balaban J connectivity index is 1.34. The highest BCUT2D eigenvalue weighted by Gasteiger charge is 2.18. The molecular formula is C32H19NOS2. The van der Waals surface area contributed by atoms with Crippen molar-refractivity contribution >= 4 is 91.2 Å². The molecule has 8 rings (SSSR count). The number of rotatable bonds is 3. The van der Waals surface area contributed by atoms with Gasteiger partial charge in [0, 0.05) is 58.8 Å². The molecule has 0 aliphatic carbocycles. The predicted molar refractivity (Wildman–Crippen MR) is 157 cm³/mol. The van der Waals surface area contributed by atoms with Gasteiger partial charge in [-0.1, -0.05) is 54.6 Å². The van der Waals surface area contributed by atoms with Gasteiger partial charge in [-0.2, -0.15) is 0 Å². The number of para-hydroxylation sites is 1. The zero-order chi connectivity index (χ0) is 23.6. The lowest BCUT2D eigenvalue weighted by atomic mass is 10.1. The van der Waals surface area contributed by atoms with Crippen LogP contribution >= 0.6 is 22.7 Å². The zero-order valence-electron chi connectivity index (χ0n) is 19.1. The van der Waals surface area contributed by atoms with Gasteiger partial charge in [-0.15, -0.1) is 22.7 Å². The van der Waals surface area contributed by atoms with E-state index >= 15 is 0 Å². The smallest absolute Gasteiger partial charge is 0.154 e. The van der Waals surface area contributed by atoms with Crippen LogP contribution in [0.3, 0.4) is 0 Å². The molecule has 0 amide bonds. The fraction of sp³-hybridized carbons (Fsp3) is 0. The van der Waals surface area contributed by atoms with Crippen molar-refractivity contribution < 1.29 is 4.42 Å². The van der Waals surface area contributed by atoms with E-state index in [0.29, 0.717) is 0 Å². The maximum absolute atomic E-state index is 6.46. The summed E-state index contributed by atoms with van der Waals surface area (Å²) in [5.74, 6) is 0. The summed E-state index contributed by atoms with van der Waals surface area (Å²) < 4.78 is 11.6. The van der Waals surface area contributed by atoms with Gasteiger partial charge >= 0.3 is 0 Å². The number of hydrogen-bond donors (Lipinski definition) is 0. The number of nitrogens with zero attached hydrogens (tertiary/aromatic N) is 1. The molecule has 2 nitrogen and oxygen atoms in total. The SMILES string of the molecule is c1ccc(N(c2ccc3c(c2)oc2c4ccccc4sc32)c2ccc3c(c2)sc2ccccc23)cc1. The van der Waals surface area contributed by atoms with Gasteiger partial charge < -0.3 is 9.32 Å². The van der Waals surface area contributed by atoms with E-state index < -0.39 is 0 Å². The molecule has 5 aromatic carbocycles. The van der Waals surface area contributed by atoms with Crippen molar-refractivity contribution in [2.75, 3.05) is 4.90 Å². The highest BCUT2D eigenvalue weighted by atomic mass is 32.1. The van der Waals surface area contributed by atoms with Crippen LogP contribution in [0.4, 0.5) is 17.1 Å². The number of benzene rings is 5. The second-order valence-corrected chi connectivity index (χ2v) is 11.1. The standard InChI is InChI=1S/C32H19NOS2/c1-2-8-20(9-3-1)33(22-14-16-24-23-10-4-6-12-28(23)35-30(24)19-22)21-15-17-25-27(18-21)34-31-26-11-5-7-13-29(26)36-32(25)31/h1-19H. The summed E-state index contributed by atoms with van der Waals surface area (Å²) in [4.78, 5) is 2.32. The molecule has 0 aliphatic rings. The summed E-state index contributed by atoms with van der Waals surface area (Å²) >= 11 is 3.65. The Morgan fingerprint density at radius 3 is 1.94 bits per heavy atom. The van der Waals surface area contributed by atoms with Crippen LogP contribution in [0.2, 0.25) is 0 Å². The van der Waals surface area contributed by atoms with Crippen molar-refractivity contribution in [2.24, 2.45) is 0 Å². The number of thiophene rings is 2. The van der Waals surface area contributed by atoms with Crippen LogP contribution in [0.1, 0.15) is 0 Å². The summed E-state index contributed by atoms with van der Waals surface area (Å²) in [6.07, 6.45) is 0. The number of hydrogen-bond acceptors (Lipinski definition) is 4. The molecule has 0 bridgehead atoms. The molecule has 0 saturated carbocycles. The van der Waals surface area contributed by atoms with Crippen LogP contribution in [-0.2, 0) is 0 Å². The van der Waals surface area contributed by atoms with Crippen LogP contribution in [0.25, 0.3) is 51.5 Å². The predicted octanol–water partition coefficient (Wildman–Crippen LogP) is 10.6. The highest BCUT2D eigenvalue weighted by Crippen LogP contribution is 2.44. The third-order valence-electron chi connectivity index (χ3n) is 6.86. The van der Waals surface area contributed by atoms with E-state index in [1.54, 1.807) is 11.3 Å². The van der Waals surface area contributed by atoms with Crippen molar-refractivity contribution in [2.45, 2.75) is 0 Å². The highest BCUT2D eigenvalue weighted by molar-refractivity contribution is 7.26. The molecule has 8 aromatic rings. The van der Waals surface area contributed by atoms with Gasteiger partial charge in [0.1, 0.15) is 5.58 Å². The molecule has 0 spiro atoms. The summed E-state index contributed by atoms with van der Waals surface area (Å²) in [6.45, 7) is 0. The Hall–Kier alpha value is -4.12. The molecule has 0 aliphatic heterocycles. The largest absolute Gasteiger partial charge is 0.454 e. The molecular weight excluding hydrogens is 478 g/mol. The Kier molecular flexibility index (Phi) is 4.30. The maximum Gasteiger partial charge on any atom is 0.154 e. The molecule has 0 radical (unpaired) electrons. The van der Waals surface area contributed by atoms with E-state index in [1.807, 2.05) is 11.3 Å². The minimum absolute atomic E-state index is 0.920. The van der Waals surface area contributed by atoms with Gasteiger partial charge in [-0.25, -0.2) is 0 Å². The molecule has 0 fully saturated rings. The van der Waals surface area contributed by atoms with Gasteiger partial charge in [-0.05, 0) is 54.6 Å². The van der Waals surface area contributed by atoms with Gasteiger partial charge in [0.05, 0.1) is 4.70 Å². The van der Waals surface area contributed by atoms with Gasteiger partial charge in [0.25, 0.3) is 0 Å². The van der Waals surface area contributed by atoms with Crippen LogP contribution < -0.4 is 4.90 Å². The lowest BCUT2D eigenvalue weighted by Crippen LogP contribution is -2.09. The van der Waals surface area contributed by atoms with E-state index in [1.165, 1.54) is 40.3 Å². The zero-order valence-corrected chi connectivity index (χ0v) is 20.8. The van der Waals surface area contributed by atoms with E-state index in [2.05, 4.69) is 120 Å². The summed E-state index contributed by atoms with van der Waals surface area (Å²) in [5.41, 5.74) is 5.25. The number of furan rings is 1. The Bertz CT molecular complexity index is 2060. The third-order valence-corrected chi connectivity index (χ3v) is 9.18. The summed E-state index contributed by atoms with van der Waals surface area (Å²) in [6, 6.07) is 41.1. The van der Waals surface area contributed by atoms with E-state index in [4.69, 9.17) is 4.42 Å². The summed E-state index contributed by atoms with van der Waals surface area (Å²) in [7, 11) is 0. The van der Waals surface area contributed by atoms with Crippen LogP contribution in [-0.4, -0.2) is 0 Å². The Morgan fingerprint density at radius 2 is 1.11 bits per heavy atom. The Morgan fingerprint density at radius 1 is 0.472 bits per heavy atom. The van der Waals surface area contributed by atoms with E-state index in [-0.39, 0.29) is 0 Å². The number of anilines is 3. The van der Waals surface area contributed by atoms with Gasteiger partial charge in [0.2, 0.25) is 0 Å². The minimum atomic E-state index is 0.920. The molecule has 36 heavy (non-hydrogen) atoms. The van der Waals surface area contributed by atoms with Crippen LogP contribution in [0.5, 0.6) is 0 Å². The maximum atomic E-state index is 6.46. The monoisotopic (exact) mass is 497 g/mol. The molecule has 0 N–H and O–H groups in total.